The van der Waals surface area contributed by atoms with E-state index in [1.807, 2.05) is 30.3 Å². The van der Waals surface area contributed by atoms with Gasteiger partial charge >= 0.3 is 0 Å². The Hall–Kier alpha value is -1.82. The van der Waals surface area contributed by atoms with Crippen LogP contribution in [0, 0.1) is 0 Å². The van der Waals surface area contributed by atoms with Gasteiger partial charge in [-0.25, -0.2) is 8.42 Å². The van der Waals surface area contributed by atoms with Crippen LogP contribution in [0.1, 0.15) is 5.56 Å². The van der Waals surface area contributed by atoms with Crippen molar-refractivity contribution in [3.63, 3.8) is 0 Å². The number of nitrogens with two attached hydrogens (primary N) is 1. The molecule has 102 valence electrons. The molecule has 2 aromatic rings. The molecule has 1 aromatic heterocycles. The zero-order valence-corrected chi connectivity index (χ0v) is 11.8. The highest BCUT2D eigenvalue weighted by atomic mass is 32.2. The molecule has 5 nitrogen and oxygen atoms in total. The first kappa shape index (κ1) is 13.6. The number of hydrogen-bond donors (Lipinski definition) is 1. The fourth-order valence-corrected chi connectivity index (χ4v) is 2.37. The second-order valence-corrected chi connectivity index (χ2v) is 6.91. The molecular formula is C13H17N3O2S. The topological polar surface area (TPSA) is 78.0 Å². The van der Waals surface area contributed by atoms with Crippen LogP contribution in [0.5, 0.6) is 0 Å². The molecule has 0 saturated heterocycles. The van der Waals surface area contributed by atoms with E-state index >= 15 is 0 Å². The first-order valence-corrected chi connectivity index (χ1v) is 7.98. The van der Waals surface area contributed by atoms with Gasteiger partial charge in [0.05, 0.1) is 11.4 Å². The Balaban J connectivity index is 2.14. The van der Waals surface area contributed by atoms with Crippen LogP contribution >= 0.6 is 0 Å². The van der Waals surface area contributed by atoms with Crippen molar-refractivity contribution < 1.29 is 8.42 Å². The molecular weight excluding hydrogens is 262 g/mol. The highest BCUT2D eigenvalue weighted by Crippen LogP contribution is 2.20. The summed E-state index contributed by atoms with van der Waals surface area (Å²) < 4.78 is 23.8. The smallest absolute Gasteiger partial charge is 0.147 e. The zero-order chi connectivity index (χ0) is 14.0. The lowest BCUT2D eigenvalue weighted by atomic mass is 10.1. The summed E-state index contributed by atoms with van der Waals surface area (Å²) in [6.07, 6.45) is 1.78. The second kappa shape index (κ2) is 5.05. The van der Waals surface area contributed by atoms with E-state index in [0.29, 0.717) is 12.2 Å². The Bertz CT molecular complexity index is 653. The Morgan fingerprint density at radius 3 is 2.37 bits per heavy atom. The Morgan fingerprint density at radius 2 is 1.89 bits per heavy atom. The lowest BCUT2D eigenvalue weighted by Crippen LogP contribution is -2.05. The molecule has 0 bridgehead atoms. The summed E-state index contributed by atoms with van der Waals surface area (Å²) in [5, 5.41) is 4.29. The standard InChI is InChI=1S/C13H17N3O2S/c1-16-13(14)9-12(15-16)11-5-3-10(4-6-11)7-8-19(2,17)18/h3-6,9H,7-8,14H2,1-2H3. The number of nitrogens with zero attached hydrogens (tertiary/aromatic N) is 2. The van der Waals surface area contributed by atoms with Crippen molar-refractivity contribution in [3.05, 3.63) is 35.9 Å². The van der Waals surface area contributed by atoms with Crippen LogP contribution in [-0.2, 0) is 23.3 Å². The predicted octanol–water partition coefficient (Wildman–Crippen LogP) is 1.26. The van der Waals surface area contributed by atoms with Gasteiger partial charge in [-0.05, 0) is 12.0 Å². The van der Waals surface area contributed by atoms with Crippen molar-refractivity contribution in [2.45, 2.75) is 6.42 Å². The summed E-state index contributed by atoms with van der Waals surface area (Å²) in [5.41, 5.74) is 8.52. The van der Waals surface area contributed by atoms with Crippen molar-refractivity contribution in [2.24, 2.45) is 7.05 Å². The van der Waals surface area contributed by atoms with Crippen molar-refractivity contribution in [1.82, 2.24) is 9.78 Å². The number of hydrogen-bond acceptors (Lipinski definition) is 4. The van der Waals surface area contributed by atoms with E-state index in [0.717, 1.165) is 16.8 Å². The first-order chi connectivity index (χ1) is 8.85. The molecule has 1 heterocycles. The van der Waals surface area contributed by atoms with E-state index in [1.165, 1.54) is 6.26 Å². The predicted molar refractivity (Wildman–Crippen MR) is 76.5 cm³/mol. The minimum atomic E-state index is -2.92. The lowest BCUT2D eigenvalue weighted by molar-refractivity contribution is 0.601. The lowest BCUT2D eigenvalue weighted by Gasteiger charge is -2.02. The summed E-state index contributed by atoms with van der Waals surface area (Å²) in [7, 11) is -1.13. The van der Waals surface area contributed by atoms with Crippen LogP contribution in [0.2, 0.25) is 0 Å². The van der Waals surface area contributed by atoms with Crippen molar-refractivity contribution in [3.8, 4) is 11.3 Å². The zero-order valence-electron chi connectivity index (χ0n) is 11.0. The third-order valence-electron chi connectivity index (χ3n) is 2.93. The maximum Gasteiger partial charge on any atom is 0.147 e. The average Bonchev–Trinajstić information content (AvgIpc) is 2.67. The van der Waals surface area contributed by atoms with Crippen LogP contribution in [0.4, 0.5) is 5.82 Å². The number of benzene rings is 1. The number of sulfone groups is 1. The summed E-state index contributed by atoms with van der Waals surface area (Å²) in [6, 6.07) is 9.51. The molecule has 0 aliphatic rings. The fourth-order valence-electron chi connectivity index (χ4n) is 1.77. The van der Waals surface area contributed by atoms with Gasteiger partial charge in [0.1, 0.15) is 15.7 Å². The molecule has 0 aliphatic carbocycles. The molecule has 6 heteroatoms. The van der Waals surface area contributed by atoms with Gasteiger partial charge in [0.25, 0.3) is 0 Å². The molecule has 0 atom stereocenters. The maximum absolute atomic E-state index is 11.1. The summed E-state index contributed by atoms with van der Waals surface area (Å²) in [5.74, 6) is 0.777. The number of aromatic nitrogens is 2. The maximum atomic E-state index is 11.1. The number of anilines is 1. The second-order valence-electron chi connectivity index (χ2n) is 4.65. The van der Waals surface area contributed by atoms with E-state index in [-0.39, 0.29) is 5.75 Å². The average molecular weight is 279 g/mol. The van der Waals surface area contributed by atoms with Crippen LogP contribution in [0.3, 0.4) is 0 Å². The van der Waals surface area contributed by atoms with Crippen molar-refractivity contribution in [1.29, 1.82) is 0 Å². The summed E-state index contributed by atoms with van der Waals surface area (Å²) in [4.78, 5) is 0. The third-order valence-corrected chi connectivity index (χ3v) is 3.87. The summed E-state index contributed by atoms with van der Waals surface area (Å²) >= 11 is 0. The van der Waals surface area contributed by atoms with E-state index in [9.17, 15) is 8.42 Å². The summed E-state index contributed by atoms with van der Waals surface area (Å²) in [6.45, 7) is 0. The molecule has 19 heavy (non-hydrogen) atoms. The molecule has 2 N–H and O–H groups in total. The van der Waals surface area contributed by atoms with E-state index in [2.05, 4.69) is 5.10 Å². The quantitative estimate of drug-likeness (QED) is 0.914. The monoisotopic (exact) mass is 279 g/mol. The van der Waals surface area contributed by atoms with Crippen LogP contribution in [-0.4, -0.2) is 30.2 Å². The van der Waals surface area contributed by atoms with Gasteiger partial charge in [0.2, 0.25) is 0 Å². The normalized spacial score (nSPS) is 11.7. The molecule has 0 aliphatic heterocycles. The minimum Gasteiger partial charge on any atom is -0.384 e. The number of aryl methyl sites for hydroxylation is 2. The first-order valence-electron chi connectivity index (χ1n) is 5.92. The van der Waals surface area contributed by atoms with Gasteiger partial charge in [-0.2, -0.15) is 5.10 Å². The highest BCUT2D eigenvalue weighted by Gasteiger charge is 2.06. The largest absolute Gasteiger partial charge is 0.384 e. The van der Waals surface area contributed by atoms with E-state index in [4.69, 9.17) is 5.73 Å². The molecule has 0 radical (unpaired) electrons. The number of nitrogen functional groups attached to an aromatic ring is 1. The van der Waals surface area contributed by atoms with Gasteiger partial charge in [-0.15, -0.1) is 0 Å². The Labute approximate surface area is 113 Å². The highest BCUT2D eigenvalue weighted by molar-refractivity contribution is 7.90. The Kier molecular flexibility index (Phi) is 3.61. The van der Waals surface area contributed by atoms with Gasteiger partial charge in [-0.1, -0.05) is 24.3 Å². The van der Waals surface area contributed by atoms with Crippen molar-refractivity contribution in [2.75, 3.05) is 17.7 Å². The van der Waals surface area contributed by atoms with Gasteiger partial charge in [-0.3, -0.25) is 4.68 Å². The Morgan fingerprint density at radius 1 is 1.26 bits per heavy atom. The minimum absolute atomic E-state index is 0.170. The molecule has 0 fully saturated rings. The third kappa shape index (κ3) is 3.57. The molecule has 1 aromatic carbocycles. The van der Waals surface area contributed by atoms with Gasteiger partial charge in [0.15, 0.2) is 0 Å². The molecule has 2 rings (SSSR count). The molecule has 0 saturated carbocycles. The number of rotatable bonds is 4. The van der Waals surface area contributed by atoms with Gasteiger partial charge < -0.3 is 5.73 Å². The molecule has 0 spiro atoms. The SMILES string of the molecule is Cn1nc(-c2ccc(CCS(C)(=O)=O)cc2)cc1N. The van der Waals surface area contributed by atoms with Crippen LogP contribution in [0.15, 0.2) is 30.3 Å². The van der Waals surface area contributed by atoms with Crippen molar-refractivity contribution >= 4 is 15.7 Å². The van der Waals surface area contributed by atoms with Crippen LogP contribution < -0.4 is 5.73 Å². The van der Waals surface area contributed by atoms with Gasteiger partial charge in [0, 0.05) is 24.9 Å². The van der Waals surface area contributed by atoms with E-state index < -0.39 is 9.84 Å². The van der Waals surface area contributed by atoms with Crippen LogP contribution in [0.25, 0.3) is 11.3 Å². The molecule has 0 amide bonds. The molecule has 0 unspecified atom stereocenters. The van der Waals surface area contributed by atoms with E-state index in [1.54, 1.807) is 11.7 Å². The fraction of sp³-hybridized carbons (Fsp3) is 0.308.